The number of amides is 1. The fourth-order valence-electron chi connectivity index (χ4n) is 3.30. The lowest BCUT2D eigenvalue weighted by atomic mass is 10.1. The second-order valence-corrected chi connectivity index (χ2v) is 6.74. The molecule has 1 heterocycles. The van der Waals surface area contributed by atoms with Gasteiger partial charge in [0.25, 0.3) is 5.91 Å². The summed E-state index contributed by atoms with van der Waals surface area (Å²) in [5.41, 5.74) is 1.75. The van der Waals surface area contributed by atoms with Gasteiger partial charge >= 0.3 is 0 Å². The lowest BCUT2D eigenvalue weighted by Gasteiger charge is -2.20. The Bertz CT molecular complexity index is 706. The molecule has 2 aromatic rings. The monoisotopic (exact) mass is 326 g/mol. The first-order chi connectivity index (χ1) is 11.6. The summed E-state index contributed by atoms with van der Waals surface area (Å²) in [4.78, 5) is 17.0. The topological polar surface area (TPSA) is 51.2 Å². The first-order valence-corrected chi connectivity index (χ1v) is 8.97. The van der Waals surface area contributed by atoms with Gasteiger partial charge in [-0.25, -0.2) is 4.98 Å². The summed E-state index contributed by atoms with van der Waals surface area (Å²) >= 11 is 0. The normalized spacial score (nSPS) is 17.2. The summed E-state index contributed by atoms with van der Waals surface area (Å²) in [7, 11) is 0. The van der Waals surface area contributed by atoms with Gasteiger partial charge in [0.1, 0.15) is 11.3 Å². The molecule has 1 aromatic carbocycles. The van der Waals surface area contributed by atoms with Crippen LogP contribution >= 0.6 is 0 Å². The minimum atomic E-state index is -0.527. The van der Waals surface area contributed by atoms with Crippen molar-refractivity contribution in [1.82, 2.24) is 10.3 Å². The molecule has 1 aromatic heterocycles. The lowest BCUT2D eigenvalue weighted by Crippen LogP contribution is -2.42. The number of aryl methyl sites for hydroxylation is 1. The first-order valence-electron chi connectivity index (χ1n) is 8.97. The largest absolute Gasteiger partial charge is 0.479 e. The highest BCUT2D eigenvalue weighted by Crippen LogP contribution is 2.25. The van der Waals surface area contributed by atoms with Crippen molar-refractivity contribution in [3.63, 3.8) is 0 Å². The third-order valence-electron chi connectivity index (χ3n) is 4.70. The number of fused-ring (bicyclic) bond motifs is 1. The quantitative estimate of drug-likeness (QED) is 0.859. The van der Waals surface area contributed by atoms with E-state index >= 15 is 0 Å². The number of carbonyl (C=O) groups is 1. The van der Waals surface area contributed by atoms with Gasteiger partial charge in [-0.3, -0.25) is 4.79 Å². The average Bonchev–Trinajstić information content (AvgIpc) is 2.84. The molecular formula is C20H26N2O2. The number of rotatable bonds is 4. The Hall–Kier alpha value is -2.10. The van der Waals surface area contributed by atoms with Crippen LogP contribution in [0.5, 0.6) is 5.75 Å². The van der Waals surface area contributed by atoms with Crippen LogP contribution in [0.15, 0.2) is 30.3 Å². The van der Waals surface area contributed by atoms with Crippen molar-refractivity contribution >= 4 is 16.8 Å². The highest BCUT2D eigenvalue weighted by molar-refractivity contribution is 5.86. The Kier molecular flexibility index (Phi) is 5.34. The number of hydrogen-bond donors (Lipinski definition) is 1. The molecule has 0 unspecified atom stereocenters. The number of benzene rings is 1. The Balaban J connectivity index is 1.68. The smallest absolute Gasteiger partial charge is 0.260 e. The minimum Gasteiger partial charge on any atom is -0.479 e. The van der Waals surface area contributed by atoms with E-state index in [1.807, 2.05) is 37.3 Å². The van der Waals surface area contributed by atoms with Crippen LogP contribution in [0.25, 0.3) is 10.9 Å². The van der Waals surface area contributed by atoms with Crippen molar-refractivity contribution in [2.24, 2.45) is 0 Å². The summed E-state index contributed by atoms with van der Waals surface area (Å²) in [5.74, 6) is 0.631. The summed E-state index contributed by atoms with van der Waals surface area (Å²) < 4.78 is 5.94. The second-order valence-electron chi connectivity index (χ2n) is 6.74. The molecule has 1 fully saturated rings. The van der Waals surface area contributed by atoms with Gasteiger partial charge in [0.05, 0.1) is 0 Å². The molecule has 1 amide bonds. The zero-order valence-corrected chi connectivity index (χ0v) is 14.5. The third kappa shape index (κ3) is 4.05. The van der Waals surface area contributed by atoms with Crippen LogP contribution in [0, 0.1) is 6.92 Å². The van der Waals surface area contributed by atoms with Gasteiger partial charge < -0.3 is 10.1 Å². The average molecular weight is 326 g/mol. The van der Waals surface area contributed by atoms with Crippen LogP contribution in [0.4, 0.5) is 0 Å². The van der Waals surface area contributed by atoms with E-state index in [-0.39, 0.29) is 5.91 Å². The molecule has 1 N–H and O–H groups in total. The van der Waals surface area contributed by atoms with Crippen molar-refractivity contribution < 1.29 is 9.53 Å². The molecule has 1 aliphatic rings. The number of nitrogens with zero attached hydrogens (tertiary/aromatic N) is 1. The number of pyridine rings is 1. The van der Waals surface area contributed by atoms with E-state index in [1.165, 1.54) is 25.7 Å². The molecule has 1 atom stereocenters. The highest BCUT2D eigenvalue weighted by Gasteiger charge is 2.20. The van der Waals surface area contributed by atoms with Crippen LogP contribution in [-0.4, -0.2) is 23.0 Å². The Morgan fingerprint density at radius 1 is 1.17 bits per heavy atom. The zero-order chi connectivity index (χ0) is 16.9. The molecule has 4 nitrogen and oxygen atoms in total. The second kappa shape index (κ2) is 7.65. The zero-order valence-electron chi connectivity index (χ0n) is 14.5. The van der Waals surface area contributed by atoms with E-state index in [4.69, 9.17) is 4.74 Å². The molecule has 0 spiro atoms. The molecule has 1 saturated carbocycles. The van der Waals surface area contributed by atoms with Gasteiger partial charge in [-0.1, -0.05) is 43.9 Å². The molecule has 4 heteroatoms. The molecule has 24 heavy (non-hydrogen) atoms. The maximum Gasteiger partial charge on any atom is 0.260 e. The fraction of sp³-hybridized carbons (Fsp3) is 0.500. The SMILES string of the molecule is Cc1ccc2cccc(O[C@H](C)C(=O)NC3CCCCCC3)c2n1. The molecular weight excluding hydrogens is 300 g/mol. The van der Waals surface area contributed by atoms with Crippen molar-refractivity contribution in [2.45, 2.75) is 64.5 Å². The maximum absolute atomic E-state index is 12.5. The number of carbonyl (C=O) groups excluding carboxylic acids is 1. The van der Waals surface area contributed by atoms with E-state index in [1.54, 1.807) is 6.92 Å². The van der Waals surface area contributed by atoms with Crippen LogP contribution in [-0.2, 0) is 4.79 Å². The molecule has 0 aliphatic heterocycles. The van der Waals surface area contributed by atoms with Crippen molar-refractivity contribution in [1.29, 1.82) is 0 Å². The number of aromatic nitrogens is 1. The lowest BCUT2D eigenvalue weighted by molar-refractivity contribution is -0.128. The van der Waals surface area contributed by atoms with E-state index in [2.05, 4.69) is 10.3 Å². The number of ether oxygens (including phenoxy) is 1. The minimum absolute atomic E-state index is 0.0356. The molecule has 0 radical (unpaired) electrons. The van der Waals surface area contributed by atoms with E-state index in [0.29, 0.717) is 11.8 Å². The van der Waals surface area contributed by atoms with Crippen LogP contribution < -0.4 is 10.1 Å². The van der Waals surface area contributed by atoms with E-state index < -0.39 is 6.10 Å². The van der Waals surface area contributed by atoms with Gasteiger partial charge in [-0.15, -0.1) is 0 Å². The van der Waals surface area contributed by atoms with Gasteiger partial charge in [-0.05, 0) is 38.8 Å². The summed E-state index contributed by atoms with van der Waals surface area (Å²) in [5, 5.41) is 4.18. The third-order valence-corrected chi connectivity index (χ3v) is 4.70. The van der Waals surface area contributed by atoms with Gasteiger partial charge in [0.15, 0.2) is 6.10 Å². The Morgan fingerprint density at radius 2 is 1.92 bits per heavy atom. The summed E-state index contributed by atoms with van der Waals surface area (Å²) in [6.45, 7) is 3.76. The standard InChI is InChI=1S/C20H26N2O2/c1-14-12-13-16-8-7-11-18(19(16)21-14)24-15(2)20(23)22-17-9-5-3-4-6-10-17/h7-8,11-13,15,17H,3-6,9-10H2,1-2H3,(H,22,23)/t15-/m1/s1. The van der Waals surface area contributed by atoms with Crippen LogP contribution in [0.2, 0.25) is 0 Å². The van der Waals surface area contributed by atoms with Crippen molar-refractivity contribution in [2.75, 3.05) is 0 Å². The van der Waals surface area contributed by atoms with E-state index in [0.717, 1.165) is 29.4 Å². The van der Waals surface area contributed by atoms with Crippen LogP contribution in [0.3, 0.4) is 0 Å². The van der Waals surface area contributed by atoms with Crippen LogP contribution in [0.1, 0.15) is 51.1 Å². The van der Waals surface area contributed by atoms with Gasteiger partial charge in [-0.2, -0.15) is 0 Å². The maximum atomic E-state index is 12.5. The Labute approximate surface area is 143 Å². The highest BCUT2D eigenvalue weighted by atomic mass is 16.5. The molecule has 128 valence electrons. The molecule has 3 rings (SSSR count). The molecule has 0 saturated heterocycles. The fourth-order valence-corrected chi connectivity index (χ4v) is 3.30. The summed E-state index contributed by atoms with van der Waals surface area (Å²) in [6, 6.07) is 10.1. The van der Waals surface area contributed by atoms with Crippen molar-refractivity contribution in [3.05, 3.63) is 36.0 Å². The van der Waals surface area contributed by atoms with E-state index in [9.17, 15) is 4.79 Å². The number of para-hydroxylation sites is 1. The number of nitrogens with one attached hydrogen (secondary N) is 1. The Morgan fingerprint density at radius 3 is 2.67 bits per heavy atom. The van der Waals surface area contributed by atoms with Gasteiger partial charge in [0, 0.05) is 17.1 Å². The van der Waals surface area contributed by atoms with Crippen molar-refractivity contribution in [3.8, 4) is 5.75 Å². The molecule has 1 aliphatic carbocycles. The predicted molar refractivity (Wildman–Crippen MR) is 96.2 cm³/mol. The van der Waals surface area contributed by atoms with Gasteiger partial charge in [0.2, 0.25) is 0 Å². The predicted octanol–water partition coefficient (Wildman–Crippen LogP) is 4.15. The number of hydrogen-bond acceptors (Lipinski definition) is 3. The summed E-state index contributed by atoms with van der Waals surface area (Å²) in [6.07, 6.45) is 6.58. The molecule has 0 bridgehead atoms. The first kappa shape index (κ1) is 16.7.